The molecular formula is C29H29NO6. The van der Waals surface area contributed by atoms with Gasteiger partial charge in [-0.3, -0.25) is 0 Å². The van der Waals surface area contributed by atoms with Gasteiger partial charge >= 0.3 is 18.0 Å². The zero-order chi connectivity index (χ0) is 25.5. The van der Waals surface area contributed by atoms with E-state index in [0.717, 1.165) is 27.8 Å². The van der Waals surface area contributed by atoms with Gasteiger partial charge < -0.3 is 19.9 Å². The van der Waals surface area contributed by atoms with Crippen molar-refractivity contribution in [2.75, 3.05) is 13.2 Å². The number of nitrogens with one attached hydrogen (secondary N) is 1. The van der Waals surface area contributed by atoms with Crippen molar-refractivity contribution in [3.8, 4) is 11.1 Å². The maximum Gasteiger partial charge on any atom is 0.407 e. The zero-order valence-corrected chi connectivity index (χ0v) is 20.1. The van der Waals surface area contributed by atoms with Crippen LogP contribution in [0.4, 0.5) is 4.79 Å². The third kappa shape index (κ3) is 5.74. The van der Waals surface area contributed by atoms with E-state index in [-0.39, 0.29) is 24.9 Å². The smallest absolute Gasteiger partial charge is 0.407 e. The molecule has 2 N–H and O–H groups in total. The highest BCUT2D eigenvalue weighted by Gasteiger charge is 2.29. The molecule has 0 radical (unpaired) electrons. The Kier molecular flexibility index (Phi) is 8.00. The van der Waals surface area contributed by atoms with Crippen molar-refractivity contribution < 1.29 is 29.0 Å². The van der Waals surface area contributed by atoms with Crippen molar-refractivity contribution in [2.45, 2.75) is 38.1 Å². The Morgan fingerprint density at radius 3 is 2.08 bits per heavy atom. The highest BCUT2D eigenvalue weighted by molar-refractivity contribution is 5.89. The number of ether oxygens (including phenoxy) is 2. The number of fused-ring (bicyclic) bond motifs is 3. The summed E-state index contributed by atoms with van der Waals surface area (Å²) in [6, 6.07) is 22.0. The van der Waals surface area contributed by atoms with E-state index in [2.05, 4.69) is 17.4 Å². The Labute approximate surface area is 210 Å². The molecule has 0 fully saturated rings. The SMILES string of the molecule is CCOC(=O)c1ccc(CCCC(NC(=O)OCC2c3ccccc3-c3ccccc32)C(=O)O)cc1. The molecule has 0 spiro atoms. The van der Waals surface area contributed by atoms with Gasteiger partial charge in [0.05, 0.1) is 12.2 Å². The van der Waals surface area contributed by atoms with Crippen molar-refractivity contribution in [1.29, 1.82) is 0 Å². The number of alkyl carbamates (subject to hydrolysis) is 1. The molecule has 3 aromatic rings. The zero-order valence-electron chi connectivity index (χ0n) is 20.1. The molecule has 7 nitrogen and oxygen atoms in total. The first-order chi connectivity index (χ1) is 17.5. The number of benzene rings is 3. The topological polar surface area (TPSA) is 102 Å². The molecule has 1 unspecified atom stereocenters. The summed E-state index contributed by atoms with van der Waals surface area (Å²) >= 11 is 0. The van der Waals surface area contributed by atoms with Gasteiger partial charge in [0.1, 0.15) is 12.6 Å². The summed E-state index contributed by atoms with van der Waals surface area (Å²) in [5.74, 6) is -1.58. The minimum Gasteiger partial charge on any atom is -0.480 e. The van der Waals surface area contributed by atoms with E-state index in [1.807, 2.05) is 48.5 Å². The summed E-state index contributed by atoms with van der Waals surface area (Å²) in [5.41, 5.74) is 5.88. The van der Waals surface area contributed by atoms with Crippen LogP contribution in [0.5, 0.6) is 0 Å². The van der Waals surface area contributed by atoms with Gasteiger partial charge in [0.2, 0.25) is 0 Å². The number of hydrogen-bond acceptors (Lipinski definition) is 5. The van der Waals surface area contributed by atoms with E-state index in [4.69, 9.17) is 9.47 Å². The summed E-state index contributed by atoms with van der Waals surface area (Å²) in [4.78, 5) is 36.0. The fraction of sp³-hybridized carbons (Fsp3) is 0.276. The van der Waals surface area contributed by atoms with Crippen molar-refractivity contribution in [2.24, 2.45) is 0 Å². The molecule has 1 aliphatic rings. The maximum atomic E-state index is 12.5. The lowest BCUT2D eigenvalue weighted by Crippen LogP contribution is -2.41. The van der Waals surface area contributed by atoms with Crippen molar-refractivity contribution in [3.63, 3.8) is 0 Å². The third-order valence-electron chi connectivity index (χ3n) is 6.36. The van der Waals surface area contributed by atoms with E-state index < -0.39 is 18.1 Å². The molecule has 0 aliphatic heterocycles. The Morgan fingerprint density at radius 1 is 0.889 bits per heavy atom. The summed E-state index contributed by atoms with van der Waals surface area (Å²) < 4.78 is 10.5. The standard InChI is InChI=1S/C29H29NO6/c1-2-35-28(33)20-16-14-19(15-17-20)8-7-13-26(27(31)32)30-29(34)36-18-25-23-11-5-3-9-21(23)22-10-4-6-12-24(22)25/h3-6,9-12,14-17,25-26H,2,7-8,13,18H2,1H3,(H,30,34)(H,31,32). The summed E-state index contributed by atoms with van der Waals surface area (Å²) in [7, 11) is 0. The number of esters is 1. The summed E-state index contributed by atoms with van der Waals surface area (Å²) in [5, 5.41) is 12.1. The van der Waals surface area contributed by atoms with Crippen LogP contribution in [0.15, 0.2) is 72.8 Å². The van der Waals surface area contributed by atoms with Gasteiger partial charge in [0.25, 0.3) is 0 Å². The van der Waals surface area contributed by atoms with Crippen molar-refractivity contribution in [1.82, 2.24) is 5.32 Å². The van der Waals surface area contributed by atoms with Crippen LogP contribution in [0.2, 0.25) is 0 Å². The highest BCUT2D eigenvalue weighted by atomic mass is 16.5. The van der Waals surface area contributed by atoms with Crippen molar-refractivity contribution in [3.05, 3.63) is 95.1 Å². The molecule has 3 aromatic carbocycles. The fourth-order valence-electron chi connectivity index (χ4n) is 4.57. The van der Waals surface area contributed by atoms with Gasteiger partial charge in [-0.15, -0.1) is 0 Å². The lowest BCUT2D eigenvalue weighted by atomic mass is 9.98. The summed E-state index contributed by atoms with van der Waals surface area (Å²) in [6.07, 6.45) is 0.653. The number of carboxylic acids is 1. The van der Waals surface area contributed by atoms with Crippen LogP contribution in [-0.4, -0.2) is 42.4 Å². The Bertz CT molecular complexity index is 1190. The number of rotatable bonds is 10. The average Bonchev–Trinajstić information content (AvgIpc) is 3.21. The quantitative estimate of drug-likeness (QED) is 0.382. The van der Waals surface area contributed by atoms with Crippen LogP contribution >= 0.6 is 0 Å². The molecule has 1 atom stereocenters. The van der Waals surface area contributed by atoms with Crippen LogP contribution in [-0.2, 0) is 20.7 Å². The van der Waals surface area contributed by atoms with E-state index >= 15 is 0 Å². The number of aliphatic carboxylic acids is 1. The van der Waals surface area contributed by atoms with Crippen LogP contribution in [0.3, 0.4) is 0 Å². The normalized spacial score (nSPS) is 12.8. The second kappa shape index (κ2) is 11.5. The van der Waals surface area contributed by atoms with Crippen molar-refractivity contribution >= 4 is 18.0 Å². The first kappa shape index (κ1) is 25.0. The van der Waals surface area contributed by atoms with E-state index in [1.54, 1.807) is 19.1 Å². The number of carboxylic acid groups (broad SMARTS) is 1. The predicted octanol–water partition coefficient (Wildman–Crippen LogP) is 5.18. The minimum atomic E-state index is -1.11. The minimum absolute atomic E-state index is 0.0935. The first-order valence-electron chi connectivity index (χ1n) is 12.1. The molecule has 0 bridgehead atoms. The molecule has 1 aliphatic carbocycles. The number of amides is 1. The molecule has 0 heterocycles. The third-order valence-corrected chi connectivity index (χ3v) is 6.36. The number of aryl methyl sites for hydroxylation is 1. The summed E-state index contributed by atoms with van der Waals surface area (Å²) in [6.45, 7) is 2.19. The van der Waals surface area contributed by atoms with Gasteiger partial charge in [-0.1, -0.05) is 60.7 Å². The fourth-order valence-corrected chi connectivity index (χ4v) is 4.57. The van der Waals surface area contributed by atoms with E-state index in [9.17, 15) is 19.5 Å². The Morgan fingerprint density at radius 2 is 1.50 bits per heavy atom. The monoisotopic (exact) mass is 487 g/mol. The molecule has 0 saturated carbocycles. The van der Waals surface area contributed by atoms with Gasteiger partial charge in [0, 0.05) is 5.92 Å². The van der Waals surface area contributed by atoms with Gasteiger partial charge in [-0.25, -0.2) is 14.4 Å². The largest absolute Gasteiger partial charge is 0.480 e. The van der Waals surface area contributed by atoms with Gasteiger partial charge in [-0.05, 0) is 66.1 Å². The number of carbonyl (C=O) groups excluding carboxylic acids is 2. The lowest BCUT2D eigenvalue weighted by Gasteiger charge is -2.17. The molecule has 1 amide bonds. The predicted molar refractivity (Wildman–Crippen MR) is 135 cm³/mol. The first-order valence-corrected chi connectivity index (χ1v) is 12.1. The number of hydrogen-bond donors (Lipinski definition) is 2. The van der Waals surface area contributed by atoms with Crippen LogP contribution < -0.4 is 5.32 Å². The van der Waals surface area contributed by atoms with E-state index in [0.29, 0.717) is 25.0 Å². The van der Waals surface area contributed by atoms with Crippen LogP contribution in [0.25, 0.3) is 11.1 Å². The Balaban J connectivity index is 1.29. The average molecular weight is 488 g/mol. The van der Waals surface area contributed by atoms with E-state index in [1.165, 1.54) is 0 Å². The van der Waals surface area contributed by atoms with Gasteiger partial charge in [0.15, 0.2) is 0 Å². The molecular weight excluding hydrogens is 458 g/mol. The molecule has 0 saturated heterocycles. The second-order valence-corrected chi connectivity index (χ2v) is 8.67. The highest BCUT2D eigenvalue weighted by Crippen LogP contribution is 2.44. The molecule has 0 aromatic heterocycles. The molecule has 186 valence electrons. The Hall–Kier alpha value is -4.13. The second-order valence-electron chi connectivity index (χ2n) is 8.67. The van der Waals surface area contributed by atoms with Gasteiger partial charge in [-0.2, -0.15) is 0 Å². The molecule has 36 heavy (non-hydrogen) atoms. The van der Waals surface area contributed by atoms with Crippen LogP contribution in [0.1, 0.15) is 52.7 Å². The molecule has 7 heteroatoms. The number of carbonyl (C=O) groups is 3. The molecule has 4 rings (SSSR count). The van der Waals surface area contributed by atoms with Crippen LogP contribution in [0, 0.1) is 0 Å². The maximum absolute atomic E-state index is 12.5. The lowest BCUT2D eigenvalue weighted by molar-refractivity contribution is -0.139.